The Hall–Kier alpha value is -1.58. The Labute approximate surface area is 77.2 Å². The molecule has 2 aromatic heterocycles. The lowest BCUT2D eigenvalue weighted by Crippen LogP contribution is -1.91. The SMILES string of the molecule is CC.Cc1c[nH]c2ncnc(N)c12. The summed E-state index contributed by atoms with van der Waals surface area (Å²) in [7, 11) is 0. The van der Waals surface area contributed by atoms with E-state index in [2.05, 4.69) is 15.0 Å². The van der Waals surface area contributed by atoms with Crippen LogP contribution in [-0.4, -0.2) is 15.0 Å². The van der Waals surface area contributed by atoms with Crippen molar-refractivity contribution in [2.45, 2.75) is 20.8 Å². The lowest BCUT2D eigenvalue weighted by atomic mass is 10.2. The first-order chi connectivity index (χ1) is 6.29. The van der Waals surface area contributed by atoms with E-state index < -0.39 is 0 Å². The predicted molar refractivity (Wildman–Crippen MR) is 54.4 cm³/mol. The van der Waals surface area contributed by atoms with E-state index >= 15 is 0 Å². The quantitative estimate of drug-likeness (QED) is 0.647. The van der Waals surface area contributed by atoms with Gasteiger partial charge in [0.2, 0.25) is 0 Å². The number of aromatic amines is 1. The van der Waals surface area contributed by atoms with Crippen LogP contribution in [0.3, 0.4) is 0 Å². The third-order valence-electron chi connectivity index (χ3n) is 1.70. The molecule has 0 unspecified atom stereocenters. The average Bonchev–Trinajstić information content (AvgIpc) is 2.53. The van der Waals surface area contributed by atoms with Crippen LogP contribution in [0.4, 0.5) is 5.82 Å². The number of nitrogens with two attached hydrogens (primary N) is 1. The van der Waals surface area contributed by atoms with Gasteiger partial charge in [0.15, 0.2) is 0 Å². The van der Waals surface area contributed by atoms with Gasteiger partial charge in [-0.05, 0) is 12.5 Å². The number of rotatable bonds is 0. The van der Waals surface area contributed by atoms with Crippen molar-refractivity contribution >= 4 is 16.9 Å². The maximum Gasteiger partial charge on any atom is 0.143 e. The van der Waals surface area contributed by atoms with Crippen LogP contribution in [0, 0.1) is 6.92 Å². The minimum absolute atomic E-state index is 0.536. The largest absolute Gasteiger partial charge is 0.383 e. The minimum atomic E-state index is 0.536. The molecule has 4 nitrogen and oxygen atoms in total. The molecule has 70 valence electrons. The normalized spacial score (nSPS) is 9.46. The predicted octanol–water partition coefficient (Wildman–Crippen LogP) is 1.87. The maximum atomic E-state index is 5.63. The highest BCUT2D eigenvalue weighted by Crippen LogP contribution is 2.18. The average molecular weight is 178 g/mol. The summed E-state index contributed by atoms with van der Waals surface area (Å²) in [5.74, 6) is 0.536. The number of aromatic nitrogens is 3. The topological polar surface area (TPSA) is 67.6 Å². The molecule has 0 amide bonds. The van der Waals surface area contributed by atoms with Crippen LogP contribution in [0.2, 0.25) is 0 Å². The van der Waals surface area contributed by atoms with Crippen LogP contribution in [0.25, 0.3) is 11.0 Å². The maximum absolute atomic E-state index is 5.63. The van der Waals surface area contributed by atoms with E-state index in [4.69, 9.17) is 5.73 Å². The monoisotopic (exact) mass is 178 g/mol. The molecule has 0 saturated heterocycles. The van der Waals surface area contributed by atoms with E-state index in [1.807, 2.05) is 27.0 Å². The van der Waals surface area contributed by atoms with Gasteiger partial charge in [0.25, 0.3) is 0 Å². The molecule has 13 heavy (non-hydrogen) atoms. The molecule has 3 N–H and O–H groups in total. The third-order valence-corrected chi connectivity index (χ3v) is 1.70. The molecule has 0 aliphatic carbocycles. The van der Waals surface area contributed by atoms with E-state index in [1.54, 1.807) is 0 Å². The van der Waals surface area contributed by atoms with Gasteiger partial charge in [0, 0.05) is 6.20 Å². The third kappa shape index (κ3) is 1.61. The zero-order valence-electron chi connectivity index (χ0n) is 8.13. The molecule has 4 heteroatoms. The molecular weight excluding hydrogens is 164 g/mol. The molecule has 2 rings (SSSR count). The summed E-state index contributed by atoms with van der Waals surface area (Å²) in [4.78, 5) is 10.9. The Morgan fingerprint density at radius 2 is 2.00 bits per heavy atom. The highest BCUT2D eigenvalue weighted by atomic mass is 15.0. The molecule has 0 spiro atoms. The van der Waals surface area contributed by atoms with Crippen LogP contribution < -0.4 is 5.73 Å². The van der Waals surface area contributed by atoms with Crippen molar-refractivity contribution < 1.29 is 0 Å². The first-order valence-electron chi connectivity index (χ1n) is 4.33. The summed E-state index contributed by atoms with van der Waals surface area (Å²) in [5, 5.41) is 0.924. The van der Waals surface area contributed by atoms with Crippen LogP contribution in [0.15, 0.2) is 12.5 Å². The van der Waals surface area contributed by atoms with Gasteiger partial charge in [-0.25, -0.2) is 9.97 Å². The second-order valence-electron chi connectivity index (χ2n) is 2.45. The minimum Gasteiger partial charge on any atom is -0.383 e. The fraction of sp³-hybridized carbons (Fsp3) is 0.333. The lowest BCUT2D eigenvalue weighted by molar-refractivity contribution is 1.21. The molecule has 0 atom stereocenters. The van der Waals surface area contributed by atoms with Gasteiger partial charge in [-0.3, -0.25) is 0 Å². The van der Waals surface area contributed by atoms with Crippen molar-refractivity contribution in [3.8, 4) is 0 Å². The summed E-state index contributed by atoms with van der Waals surface area (Å²) in [6, 6.07) is 0. The van der Waals surface area contributed by atoms with Crippen molar-refractivity contribution in [3.63, 3.8) is 0 Å². The fourth-order valence-corrected chi connectivity index (χ4v) is 1.15. The molecule has 0 aliphatic rings. The fourth-order valence-electron chi connectivity index (χ4n) is 1.15. The molecule has 0 radical (unpaired) electrons. The van der Waals surface area contributed by atoms with Gasteiger partial charge in [0.1, 0.15) is 17.8 Å². The number of anilines is 1. The van der Waals surface area contributed by atoms with Crippen molar-refractivity contribution in [2.24, 2.45) is 0 Å². The molecule has 2 aromatic rings. The summed E-state index contributed by atoms with van der Waals surface area (Å²) < 4.78 is 0. The smallest absolute Gasteiger partial charge is 0.143 e. The highest BCUT2D eigenvalue weighted by Gasteiger charge is 2.03. The van der Waals surface area contributed by atoms with Gasteiger partial charge in [-0.1, -0.05) is 13.8 Å². The van der Waals surface area contributed by atoms with Gasteiger partial charge < -0.3 is 10.7 Å². The lowest BCUT2D eigenvalue weighted by Gasteiger charge is -1.93. The van der Waals surface area contributed by atoms with Crippen molar-refractivity contribution in [1.29, 1.82) is 0 Å². The number of hydrogen-bond donors (Lipinski definition) is 2. The Kier molecular flexibility index (Phi) is 2.84. The number of H-pyrrole nitrogens is 1. The molecule has 0 aliphatic heterocycles. The van der Waals surface area contributed by atoms with Gasteiger partial charge in [-0.15, -0.1) is 0 Å². The Morgan fingerprint density at radius 3 is 2.62 bits per heavy atom. The zero-order chi connectivity index (χ0) is 9.84. The first kappa shape index (κ1) is 9.51. The van der Waals surface area contributed by atoms with E-state index in [0.717, 1.165) is 16.6 Å². The van der Waals surface area contributed by atoms with E-state index in [-0.39, 0.29) is 0 Å². The van der Waals surface area contributed by atoms with E-state index in [1.165, 1.54) is 6.33 Å². The number of aryl methyl sites for hydroxylation is 1. The van der Waals surface area contributed by atoms with Gasteiger partial charge in [0.05, 0.1) is 5.39 Å². The number of nitrogen functional groups attached to an aromatic ring is 1. The van der Waals surface area contributed by atoms with Crippen LogP contribution in [-0.2, 0) is 0 Å². The molecule has 0 aromatic carbocycles. The molecule has 0 bridgehead atoms. The number of nitrogens with one attached hydrogen (secondary N) is 1. The first-order valence-corrected chi connectivity index (χ1v) is 4.33. The number of fused-ring (bicyclic) bond motifs is 1. The standard InChI is InChI=1S/C7H8N4.C2H6/c1-4-2-9-7-5(4)6(8)10-3-11-7;1-2/h2-3H,1H3,(H3,8,9,10,11);1-2H3. The highest BCUT2D eigenvalue weighted by molar-refractivity contribution is 5.88. The Bertz CT molecular complexity index is 391. The van der Waals surface area contributed by atoms with Crippen molar-refractivity contribution in [1.82, 2.24) is 15.0 Å². The van der Waals surface area contributed by atoms with E-state index in [0.29, 0.717) is 5.82 Å². The second-order valence-corrected chi connectivity index (χ2v) is 2.45. The summed E-state index contributed by atoms with van der Waals surface area (Å²) in [6.45, 7) is 5.97. The molecule has 0 saturated carbocycles. The van der Waals surface area contributed by atoms with Gasteiger partial charge in [-0.2, -0.15) is 0 Å². The van der Waals surface area contributed by atoms with Crippen LogP contribution in [0.5, 0.6) is 0 Å². The molecule has 0 fully saturated rings. The molecular formula is C9H14N4. The van der Waals surface area contributed by atoms with Crippen LogP contribution in [0.1, 0.15) is 19.4 Å². The summed E-state index contributed by atoms with van der Waals surface area (Å²) >= 11 is 0. The van der Waals surface area contributed by atoms with E-state index in [9.17, 15) is 0 Å². The zero-order valence-corrected chi connectivity index (χ0v) is 8.13. The van der Waals surface area contributed by atoms with Gasteiger partial charge >= 0.3 is 0 Å². The Balaban J connectivity index is 0.000000396. The second kappa shape index (κ2) is 3.89. The van der Waals surface area contributed by atoms with Crippen molar-refractivity contribution in [3.05, 3.63) is 18.1 Å². The van der Waals surface area contributed by atoms with Crippen molar-refractivity contribution in [2.75, 3.05) is 5.73 Å². The number of nitrogens with zero attached hydrogens (tertiary/aromatic N) is 2. The summed E-state index contributed by atoms with van der Waals surface area (Å²) in [6.07, 6.45) is 3.32. The molecule has 2 heterocycles. The van der Waals surface area contributed by atoms with Crippen LogP contribution >= 0.6 is 0 Å². The Morgan fingerprint density at radius 1 is 1.31 bits per heavy atom. The summed E-state index contributed by atoms with van der Waals surface area (Å²) in [5.41, 5.74) is 7.51. The number of hydrogen-bond acceptors (Lipinski definition) is 3.